The summed E-state index contributed by atoms with van der Waals surface area (Å²) in [5.74, 6) is 0. The van der Waals surface area contributed by atoms with Crippen molar-refractivity contribution in [3.8, 4) is 0 Å². The predicted molar refractivity (Wildman–Crippen MR) is 70.5 cm³/mol. The van der Waals surface area contributed by atoms with Gasteiger partial charge in [-0.15, -0.1) is 0 Å². The summed E-state index contributed by atoms with van der Waals surface area (Å²) in [6.45, 7) is 1.61. The van der Waals surface area contributed by atoms with Crippen LogP contribution in [0.25, 0.3) is 0 Å². The minimum absolute atomic E-state index is 0.405. The molecule has 1 N–H and O–H groups in total. The Morgan fingerprint density at radius 1 is 1.61 bits per heavy atom. The molecule has 1 aliphatic heterocycles. The molecule has 4 nitrogen and oxygen atoms in total. The number of nitrogens with zero attached hydrogens (tertiary/aromatic N) is 1. The highest BCUT2D eigenvalue weighted by Crippen LogP contribution is 2.17. The van der Waals surface area contributed by atoms with Crippen LogP contribution in [0.15, 0.2) is 24.3 Å². The Kier molecular flexibility index (Phi) is 4.59. The third kappa shape index (κ3) is 3.74. The van der Waals surface area contributed by atoms with Crippen LogP contribution in [0, 0.1) is 6.07 Å². The van der Waals surface area contributed by atoms with Crippen molar-refractivity contribution in [1.29, 1.82) is 0 Å². The molecule has 1 atom stereocenters. The minimum Gasteiger partial charge on any atom is -0.449 e. The molecular formula is C14H19N2O2. The molecule has 1 saturated heterocycles. The Morgan fingerprint density at radius 3 is 3.17 bits per heavy atom. The van der Waals surface area contributed by atoms with Crippen molar-refractivity contribution in [2.75, 3.05) is 25.5 Å². The highest BCUT2D eigenvalue weighted by molar-refractivity contribution is 5.84. The molecule has 1 fully saturated rings. The third-order valence-corrected chi connectivity index (χ3v) is 3.30. The van der Waals surface area contributed by atoms with E-state index >= 15 is 0 Å². The molecule has 0 aromatic heterocycles. The first kappa shape index (κ1) is 12.9. The molecule has 18 heavy (non-hydrogen) atoms. The van der Waals surface area contributed by atoms with Gasteiger partial charge in [-0.1, -0.05) is 18.2 Å². The fourth-order valence-electron chi connectivity index (χ4n) is 2.25. The number of hydrogen-bond donors (Lipinski definition) is 1. The maximum Gasteiger partial charge on any atom is 0.411 e. The van der Waals surface area contributed by atoms with Gasteiger partial charge < -0.3 is 9.64 Å². The molecule has 1 radical (unpaired) electrons. The van der Waals surface area contributed by atoms with E-state index in [1.807, 2.05) is 12.1 Å². The summed E-state index contributed by atoms with van der Waals surface area (Å²) in [5.41, 5.74) is 0.639. The lowest BCUT2D eigenvalue weighted by Crippen LogP contribution is -2.27. The van der Waals surface area contributed by atoms with Gasteiger partial charge >= 0.3 is 6.09 Å². The van der Waals surface area contributed by atoms with Crippen LogP contribution in [0.4, 0.5) is 10.5 Å². The van der Waals surface area contributed by atoms with Crippen molar-refractivity contribution < 1.29 is 9.53 Å². The van der Waals surface area contributed by atoms with E-state index in [4.69, 9.17) is 4.74 Å². The van der Waals surface area contributed by atoms with Crippen molar-refractivity contribution in [2.45, 2.75) is 25.3 Å². The van der Waals surface area contributed by atoms with E-state index in [-0.39, 0.29) is 0 Å². The summed E-state index contributed by atoms with van der Waals surface area (Å²) in [5, 5.41) is 2.65. The van der Waals surface area contributed by atoms with E-state index < -0.39 is 6.09 Å². The second-order valence-electron chi connectivity index (χ2n) is 4.60. The van der Waals surface area contributed by atoms with Gasteiger partial charge in [0, 0.05) is 12.1 Å². The monoisotopic (exact) mass is 247 g/mol. The van der Waals surface area contributed by atoms with E-state index in [0.29, 0.717) is 18.3 Å². The van der Waals surface area contributed by atoms with Gasteiger partial charge in [-0.05, 0) is 38.9 Å². The fourth-order valence-corrected chi connectivity index (χ4v) is 2.25. The molecule has 1 amide bonds. The first-order valence-electron chi connectivity index (χ1n) is 6.36. The number of carbonyl (C=O) groups excluding carboxylic acids is 1. The number of likely N-dealkylation sites (tertiary alicyclic amines) is 1. The molecule has 1 unspecified atom stereocenters. The summed E-state index contributed by atoms with van der Waals surface area (Å²) in [4.78, 5) is 13.8. The number of carbonyl (C=O) groups is 1. The topological polar surface area (TPSA) is 41.6 Å². The van der Waals surface area contributed by atoms with Crippen LogP contribution >= 0.6 is 0 Å². The summed E-state index contributed by atoms with van der Waals surface area (Å²) in [6, 6.07) is 10.7. The molecule has 1 heterocycles. The lowest BCUT2D eigenvalue weighted by Gasteiger charge is -2.18. The number of ether oxygens (including phenoxy) is 1. The second-order valence-corrected chi connectivity index (χ2v) is 4.60. The SMILES string of the molecule is CN1CCCC1CCOC(=O)Nc1[c]cccc1. The molecule has 0 saturated carbocycles. The third-order valence-electron chi connectivity index (χ3n) is 3.30. The van der Waals surface area contributed by atoms with Gasteiger partial charge in [-0.25, -0.2) is 4.79 Å². The zero-order chi connectivity index (χ0) is 12.8. The number of rotatable bonds is 4. The Labute approximate surface area is 108 Å². The largest absolute Gasteiger partial charge is 0.449 e. The normalized spacial score (nSPS) is 19.7. The van der Waals surface area contributed by atoms with E-state index in [1.54, 1.807) is 12.1 Å². The van der Waals surface area contributed by atoms with E-state index in [1.165, 1.54) is 12.8 Å². The zero-order valence-corrected chi connectivity index (χ0v) is 10.7. The van der Waals surface area contributed by atoms with E-state index in [2.05, 4.69) is 23.3 Å². The maximum absolute atomic E-state index is 11.5. The highest BCUT2D eigenvalue weighted by Gasteiger charge is 2.20. The van der Waals surface area contributed by atoms with Gasteiger partial charge in [-0.3, -0.25) is 5.32 Å². The van der Waals surface area contributed by atoms with Crippen LogP contribution < -0.4 is 5.32 Å². The number of amides is 1. The van der Waals surface area contributed by atoms with Crippen LogP contribution in [0.5, 0.6) is 0 Å². The molecule has 1 aromatic carbocycles. The summed E-state index contributed by atoms with van der Waals surface area (Å²) >= 11 is 0. The van der Waals surface area contributed by atoms with Crippen LogP contribution in [0.3, 0.4) is 0 Å². The number of nitrogens with one attached hydrogen (secondary N) is 1. The zero-order valence-electron chi connectivity index (χ0n) is 10.7. The summed E-state index contributed by atoms with van der Waals surface area (Å²) in [6.07, 6.45) is 2.95. The van der Waals surface area contributed by atoms with Crippen LogP contribution in [0.2, 0.25) is 0 Å². The second kappa shape index (κ2) is 6.40. The standard InChI is InChI=1S/C14H19N2O2/c1-16-10-5-8-13(16)9-11-18-14(17)15-12-6-3-2-4-7-12/h2-4,6,13H,5,8-11H2,1H3,(H,15,17). The molecule has 97 valence electrons. The van der Waals surface area contributed by atoms with Crippen LogP contribution in [-0.4, -0.2) is 37.2 Å². The Balaban J connectivity index is 1.66. The number of para-hydroxylation sites is 1. The molecule has 1 aliphatic rings. The molecule has 2 rings (SSSR count). The first-order chi connectivity index (χ1) is 8.75. The fraction of sp³-hybridized carbons (Fsp3) is 0.500. The average molecular weight is 247 g/mol. The Morgan fingerprint density at radius 2 is 2.50 bits per heavy atom. The van der Waals surface area contributed by atoms with E-state index in [9.17, 15) is 4.79 Å². The lowest BCUT2D eigenvalue weighted by molar-refractivity contribution is 0.147. The number of hydrogen-bond acceptors (Lipinski definition) is 3. The predicted octanol–water partition coefficient (Wildman–Crippen LogP) is 2.52. The lowest BCUT2D eigenvalue weighted by atomic mass is 10.2. The molecule has 1 aromatic rings. The number of anilines is 1. The molecular weight excluding hydrogens is 228 g/mol. The summed E-state index contributed by atoms with van der Waals surface area (Å²) in [7, 11) is 2.12. The molecule has 0 aliphatic carbocycles. The van der Waals surface area contributed by atoms with Gasteiger partial charge in [0.1, 0.15) is 0 Å². The van der Waals surface area contributed by atoms with Crippen molar-refractivity contribution in [1.82, 2.24) is 4.90 Å². The van der Waals surface area contributed by atoms with Gasteiger partial charge in [-0.2, -0.15) is 0 Å². The average Bonchev–Trinajstić information content (AvgIpc) is 2.76. The minimum atomic E-state index is -0.405. The van der Waals surface area contributed by atoms with Crippen LogP contribution in [-0.2, 0) is 4.74 Å². The van der Waals surface area contributed by atoms with Crippen molar-refractivity contribution in [3.05, 3.63) is 30.3 Å². The Hall–Kier alpha value is -1.55. The quantitative estimate of drug-likeness (QED) is 0.889. The maximum atomic E-state index is 11.5. The Bertz CT molecular complexity index is 381. The van der Waals surface area contributed by atoms with Crippen molar-refractivity contribution >= 4 is 11.8 Å². The van der Waals surface area contributed by atoms with E-state index in [0.717, 1.165) is 13.0 Å². The van der Waals surface area contributed by atoms with Gasteiger partial charge in [0.05, 0.1) is 12.3 Å². The van der Waals surface area contributed by atoms with Crippen molar-refractivity contribution in [2.24, 2.45) is 0 Å². The summed E-state index contributed by atoms with van der Waals surface area (Å²) < 4.78 is 5.16. The van der Waals surface area contributed by atoms with Gasteiger partial charge in [0.15, 0.2) is 0 Å². The highest BCUT2D eigenvalue weighted by atomic mass is 16.5. The molecule has 4 heteroatoms. The molecule has 0 bridgehead atoms. The van der Waals surface area contributed by atoms with Gasteiger partial charge in [0.2, 0.25) is 0 Å². The van der Waals surface area contributed by atoms with Crippen molar-refractivity contribution in [3.63, 3.8) is 0 Å². The number of benzene rings is 1. The molecule has 0 spiro atoms. The smallest absolute Gasteiger partial charge is 0.411 e. The first-order valence-corrected chi connectivity index (χ1v) is 6.36. The van der Waals surface area contributed by atoms with Gasteiger partial charge in [0.25, 0.3) is 0 Å². The van der Waals surface area contributed by atoms with Crippen LogP contribution in [0.1, 0.15) is 19.3 Å².